The third kappa shape index (κ3) is 6.53. The molecule has 0 radical (unpaired) electrons. The van der Waals surface area contributed by atoms with Gasteiger partial charge in [-0.15, -0.1) is 11.3 Å². The van der Waals surface area contributed by atoms with Gasteiger partial charge in [0.05, 0.1) is 29.7 Å². The molecule has 9 nitrogen and oxygen atoms in total. The molecule has 1 aromatic heterocycles. The summed E-state index contributed by atoms with van der Waals surface area (Å²) in [5.74, 6) is -2.04. The first-order valence-corrected chi connectivity index (χ1v) is 12.1. The molecule has 31 heavy (non-hydrogen) atoms. The Morgan fingerprint density at radius 1 is 1.06 bits per heavy atom. The summed E-state index contributed by atoms with van der Waals surface area (Å²) in [4.78, 5) is 37.9. The number of nitrogens with one attached hydrogen (secondary N) is 2. The molecule has 0 saturated heterocycles. The van der Waals surface area contributed by atoms with E-state index in [4.69, 9.17) is 9.47 Å². The maximum Gasteiger partial charge on any atom is 0.341 e. The molecule has 0 aliphatic carbocycles. The number of amides is 1. The van der Waals surface area contributed by atoms with Crippen molar-refractivity contribution < 1.29 is 32.3 Å². The SMILES string of the molecule is CCOC(=O)c1c(NC(=O)COC(=O)c2ccccc2NS(C)(=O)=O)sc(C)c1CC. The zero-order valence-corrected chi connectivity index (χ0v) is 19.2. The quantitative estimate of drug-likeness (QED) is 0.542. The van der Waals surface area contributed by atoms with Crippen LogP contribution in [0.3, 0.4) is 0 Å². The lowest BCUT2D eigenvalue weighted by atomic mass is 10.1. The maximum atomic E-state index is 12.4. The van der Waals surface area contributed by atoms with Crippen LogP contribution in [0.5, 0.6) is 0 Å². The standard InChI is InChI=1S/C20H24N2O7S2/c1-5-13-12(3)30-18(17(13)20(25)28-6-2)21-16(23)11-29-19(24)14-9-7-8-10-15(14)22-31(4,26)27/h7-10,22H,5-6,11H2,1-4H3,(H,21,23). The molecular formula is C20H24N2O7S2. The highest BCUT2D eigenvalue weighted by molar-refractivity contribution is 7.92. The number of ether oxygens (including phenoxy) is 2. The minimum atomic E-state index is -3.61. The third-order valence-corrected chi connectivity index (χ3v) is 5.73. The molecule has 1 aromatic carbocycles. The van der Waals surface area contributed by atoms with Crippen LogP contribution in [0.1, 0.15) is 45.0 Å². The fourth-order valence-electron chi connectivity index (χ4n) is 2.83. The molecular weight excluding hydrogens is 444 g/mol. The van der Waals surface area contributed by atoms with Gasteiger partial charge in [-0.25, -0.2) is 18.0 Å². The maximum absolute atomic E-state index is 12.4. The fraction of sp³-hybridized carbons (Fsp3) is 0.350. The molecule has 0 saturated carbocycles. The van der Waals surface area contributed by atoms with Gasteiger partial charge in [-0.05, 0) is 38.0 Å². The smallest absolute Gasteiger partial charge is 0.341 e. The fourth-order valence-corrected chi connectivity index (χ4v) is 4.56. The second-order valence-electron chi connectivity index (χ2n) is 6.46. The molecule has 1 amide bonds. The topological polar surface area (TPSA) is 128 Å². The lowest BCUT2D eigenvalue weighted by molar-refractivity contribution is -0.119. The molecule has 11 heteroatoms. The van der Waals surface area contributed by atoms with Gasteiger partial charge in [0.2, 0.25) is 10.0 Å². The molecule has 2 aromatic rings. The molecule has 2 rings (SSSR count). The first-order chi connectivity index (χ1) is 14.6. The predicted octanol–water partition coefficient (Wildman–Crippen LogP) is 2.96. The molecule has 0 fully saturated rings. The Balaban J connectivity index is 2.12. The zero-order chi connectivity index (χ0) is 23.2. The van der Waals surface area contributed by atoms with E-state index in [1.54, 1.807) is 13.0 Å². The van der Waals surface area contributed by atoms with Gasteiger partial charge < -0.3 is 14.8 Å². The minimum absolute atomic E-state index is 0.0341. The molecule has 0 aliphatic heterocycles. The number of aryl methyl sites for hydroxylation is 1. The molecule has 0 bridgehead atoms. The van der Waals surface area contributed by atoms with E-state index in [1.165, 1.54) is 29.5 Å². The second-order valence-corrected chi connectivity index (χ2v) is 9.43. The zero-order valence-electron chi connectivity index (χ0n) is 17.6. The number of hydrogen-bond donors (Lipinski definition) is 2. The second kappa shape index (κ2) is 10.4. The molecule has 2 N–H and O–H groups in total. The Hall–Kier alpha value is -2.92. The molecule has 0 unspecified atom stereocenters. The van der Waals surface area contributed by atoms with Crippen molar-refractivity contribution in [2.75, 3.05) is 29.5 Å². The lowest BCUT2D eigenvalue weighted by Crippen LogP contribution is -2.22. The molecule has 168 valence electrons. The average Bonchev–Trinajstić information content (AvgIpc) is 3.00. The number of hydrogen-bond acceptors (Lipinski definition) is 8. The summed E-state index contributed by atoms with van der Waals surface area (Å²) in [5.41, 5.74) is 1.10. The number of benzene rings is 1. The van der Waals surface area contributed by atoms with Crippen LogP contribution >= 0.6 is 11.3 Å². The molecule has 0 atom stereocenters. The number of para-hydroxylation sites is 1. The number of thiophene rings is 1. The van der Waals surface area contributed by atoms with E-state index in [-0.39, 0.29) is 17.9 Å². The van der Waals surface area contributed by atoms with Crippen LogP contribution < -0.4 is 10.0 Å². The van der Waals surface area contributed by atoms with Crippen molar-refractivity contribution in [2.45, 2.75) is 27.2 Å². The van der Waals surface area contributed by atoms with Crippen molar-refractivity contribution >= 4 is 49.9 Å². The summed E-state index contributed by atoms with van der Waals surface area (Å²) >= 11 is 1.24. The highest BCUT2D eigenvalue weighted by atomic mass is 32.2. The van der Waals surface area contributed by atoms with Crippen LogP contribution in [-0.4, -0.2) is 45.7 Å². The largest absolute Gasteiger partial charge is 0.462 e. The van der Waals surface area contributed by atoms with Gasteiger partial charge >= 0.3 is 11.9 Å². The van der Waals surface area contributed by atoms with Crippen molar-refractivity contribution in [2.24, 2.45) is 0 Å². The molecule has 0 spiro atoms. The number of sulfonamides is 1. The van der Waals surface area contributed by atoms with Gasteiger partial charge in [-0.3, -0.25) is 9.52 Å². The van der Waals surface area contributed by atoms with E-state index in [2.05, 4.69) is 10.0 Å². The highest BCUT2D eigenvalue weighted by Gasteiger charge is 2.24. The summed E-state index contributed by atoms with van der Waals surface area (Å²) in [6, 6.07) is 5.88. The number of carbonyl (C=O) groups is 3. The van der Waals surface area contributed by atoms with E-state index in [9.17, 15) is 22.8 Å². The summed E-state index contributed by atoms with van der Waals surface area (Å²) in [6.07, 6.45) is 1.54. The Labute approximate surface area is 184 Å². The minimum Gasteiger partial charge on any atom is -0.462 e. The van der Waals surface area contributed by atoms with E-state index >= 15 is 0 Å². The molecule has 0 aliphatic rings. The van der Waals surface area contributed by atoms with Gasteiger partial charge in [0.1, 0.15) is 5.00 Å². The van der Waals surface area contributed by atoms with Gasteiger partial charge in [-0.2, -0.15) is 0 Å². The van der Waals surface area contributed by atoms with Crippen LogP contribution in [0.15, 0.2) is 24.3 Å². The predicted molar refractivity (Wildman–Crippen MR) is 118 cm³/mol. The number of anilines is 2. The molecule has 1 heterocycles. The van der Waals surface area contributed by atoms with Crippen molar-refractivity contribution in [3.63, 3.8) is 0 Å². The van der Waals surface area contributed by atoms with Gasteiger partial charge in [0.25, 0.3) is 5.91 Å². The van der Waals surface area contributed by atoms with Crippen molar-refractivity contribution in [1.29, 1.82) is 0 Å². The van der Waals surface area contributed by atoms with E-state index in [1.807, 2.05) is 13.8 Å². The Bertz CT molecular complexity index is 1090. The summed E-state index contributed by atoms with van der Waals surface area (Å²) in [7, 11) is -3.61. The lowest BCUT2D eigenvalue weighted by Gasteiger charge is -2.11. The van der Waals surface area contributed by atoms with Crippen LogP contribution in [0.4, 0.5) is 10.7 Å². The summed E-state index contributed by atoms with van der Waals surface area (Å²) in [5, 5.41) is 2.92. The first-order valence-electron chi connectivity index (χ1n) is 9.40. The van der Waals surface area contributed by atoms with E-state index in [0.717, 1.165) is 16.7 Å². The summed E-state index contributed by atoms with van der Waals surface area (Å²) < 4.78 is 35.3. The van der Waals surface area contributed by atoms with E-state index in [0.29, 0.717) is 17.0 Å². The van der Waals surface area contributed by atoms with Gasteiger partial charge in [0, 0.05) is 4.88 Å². The van der Waals surface area contributed by atoms with Crippen LogP contribution in [0, 0.1) is 6.92 Å². The first kappa shape index (κ1) is 24.4. The Morgan fingerprint density at radius 3 is 2.35 bits per heavy atom. The monoisotopic (exact) mass is 468 g/mol. The van der Waals surface area contributed by atoms with Crippen LogP contribution in [0.2, 0.25) is 0 Å². The number of esters is 2. The number of rotatable bonds is 9. The summed E-state index contributed by atoms with van der Waals surface area (Å²) in [6.45, 7) is 5.01. The highest BCUT2D eigenvalue weighted by Crippen LogP contribution is 2.34. The van der Waals surface area contributed by atoms with Crippen LogP contribution in [0.25, 0.3) is 0 Å². The third-order valence-electron chi connectivity index (χ3n) is 4.07. The van der Waals surface area contributed by atoms with Crippen molar-refractivity contribution in [3.8, 4) is 0 Å². The van der Waals surface area contributed by atoms with Gasteiger partial charge in [-0.1, -0.05) is 19.1 Å². The van der Waals surface area contributed by atoms with E-state index < -0.39 is 34.5 Å². The van der Waals surface area contributed by atoms with Crippen molar-refractivity contribution in [3.05, 3.63) is 45.8 Å². The average molecular weight is 469 g/mol. The van der Waals surface area contributed by atoms with Crippen LogP contribution in [-0.2, 0) is 30.7 Å². The van der Waals surface area contributed by atoms with Gasteiger partial charge in [0.15, 0.2) is 6.61 Å². The number of carbonyl (C=O) groups excluding carboxylic acids is 3. The van der Waals surface area contributed by atoms with Crippen molar-refractivity contribution in [1.82, 2.24) is 0 Å². The normalized spacial score (nSPS) is 11.0. The Morgan fingerprint density at radius 2 is 1.74 bits per heavy atom. The Kier molecular flexibility index (Phi) is 8.17.